The molecular formula is C64H113NO10. The summed E-state index contributed by atoms with van der Waals surface area (Å²) in [5.41, 5.74) is 0. The number of hydrogen-bond acceptors (Lipinski definition) is 10. The number of aliphatic hydroxyl groups is 5. The average Bonchev–Trinajstić information content (AvgIpc) is 3.41. The van der Waals surface area contributed by atoms with Crippen LogP contribution in [-0.2, 0) is 23.8 Å². The molecule has 75 heavy (non-hydrogen) atoms. The molecule has 1 saturated heterocycles. The highest BCUT2D eigenvalue weighted by atomic mass is 16.7. The van der Waals surface area contributed by atoms with Gasteiger partial charge in [-0.25, -0.2) is 0 Å². The van der Waals surface area contributed by atoms with Crippen LogP contribution in [0.2, 0.25) is 0 Å². The van der Waals surface area contributed by atoms with E-state index in [0.717, 1.165) is 83.5 Å². The van der Waals surface area contributed by atoms with Crippen molar-refractivity contribution >= 4 is 11.9 Å². The average molecular weight is 1060 g/mol. The third-order valence-corrected chi connectivity index (χ3v) is 14.0. The number of hydrogen-bond donors (Lipinski definition) is 6. The first kappa shape index (κ1) is 70.1. The summed E-state index contributed by atoms with van der Waals surface area (Å²) >= 11 is 0. The van der Waals surface area contributed by atoms with Crippen LogP contribution in [0.3, 0.4) is 0 Å². The molecule has 7 atom stereocenters. The van der Waals surface area contributed by atoms with Crippen molar-refractivity contribution in [3.63, 3.8) is 0 Å². The van der Waals surface area contributed by atoms with Crippen LogP contribution >= 0.6 is 0 Å². The lowest BCUT2D eigenvalue weighted by atomic mass is 9.99. The lowest BCUT2D eigenvalue weighted by Gasteiger charge is -2.40. The maximum Gasteiger partial charge on any atom is 0.305 e. The Morgan fingerprint density at radius 3 is 1.40 bits per heavy atom. The maximum atomic E-state index is 13.0. The fraction of sp³-hybridized carbons (Fsp3) is 0.781. The molecule has 0 aromatic carbocycles. The Morgan fingerprint density at radius 2 is 0.907 bits per heavy atom. The van der Waals surface area contributed by atoms with Crippen LogP contribution in [0.5, 0.6) is 0 Å². The van der Waals surface area contributed by atoms with E-state index in [4.69, 9.17) is 14.2 Å². The highest BCUT2D eigenvalue weighted by Gasteiger charge is 2.44. The van der Waals surface area contributed by atoms with E-state index in [-0.39, 0.29) is 18.5 Å². The van der Waals surface area contributed by atoms with Crippen LogP contribution < -0.4 is 5.32 Å². The predicted octanol–water partition coefficient (Wildman–Crippen LogP) is 14.4. The van der Waals surface area contributed by atoms with E-state index in [1.165, 1.54) is 148 Å². The summed E-state index contributed by atoms with van der Waals surface area (Å²) in [6, 6.07) is -0.832. The number of esters is 1. The van der Waals surface area contributed by atoms with Crippen molar-refractivity contribution in [1.29, 1.82) is 0 Å². The van der Waals surface area contributed by atoms with Gasteiger partial charge in [0.25, 0.3) is 0 Å². The Labute approximate surface area is 458 Å². The van der Waals surface area contributed by atoms with Crippen molar-refractivity contribution in [2.75, 3.05) is 19.8 Å². The van der Waals surface area contributed by atoms with Crippen LogP contribution in [0, 0.1) is 0 Å². The maximum absolute atomic E-state index is 13.0. The summed E-state index contributed by atoms with van der Waals surface area (Å²) in [4.78, 5) is 25.0. The largest absolute Gasteiger partial charge is 0.465 e. The second-order valence-corrected chi connectivity index (χ2v) is 21.0. The number of unbranched alkanes of at least 4 members (excludes halogenated alkanes) is 28. The van der Waals surface area contributed by atoms with Crippen molar-refractivity contribution in [2.24, 2.45) is 0 Å². The van der Waals surface area contributed by atoms with Crippen LogP contribution in [0.1, 0.15) is 258 Å². The molecule has 11 nitrogen and oxygen atoms in total. The Kier molecular flexibility index (Phi) is 49.7. The number of amides is 1. The molecule has 0 bridgehead atoms. The molecule has 0 spiro atoms. The van der Waals surface area contributed by atoms with Gasteiger partial charge in [0.2, 0.25) is 5.91 Å². The number of carbonyl (C=O) groups is 2. The van der Waals surface area contributed by atoms with Gasteiger partial charge in [-0.1, -0.05) is 222 Å². The zero-order valence-electron chi connectivity index (χ0n) is 47.7. The summed E-state index contributed by atoms with van der Waals surface area (Å²) in [5.74, 6) is -0.259. The van der Waals surface area contributed by atoms with Gasteiger partial charge in [0.1, 0.15) is 24.4 Å². The normalized spacial score (nSPS) is 19.3. The summed E-state index contributed by atoms with van der Waals surface area (Å²) < 4.78 is 16.6. The SMILES string of the molecule is CCCCC/C=C\C/C=C\CCCCCCCCCC(=O)OCC/C=C\C/C=C\CCCCCCCCCCCCCCCCC(=O)NC(COC1OC(CO)C(O)C(O)C1O)C(O)/C=C/CC/C=C/CCCCC. The highest BCUT2D eigenvalue weighted by molar-refractivity contribution is 5.76. The monoisotopic (exact) mass is 1060 g/mol. The second kappa shape index (κ2) is 53.1. The highest BCUT2D eigenvalue weighted by Crippen LogP contribution is 2.23. The standard InChI is InChI=1S/C64H113NO10/c1-3-5-7-9-11-13-14-15-16-22-26-29-32-36-40-44-48-52-60(69)73-53-49-45-41-37-33-30-27-24-21-19-17-18-20-23-25-28-31-35-39-43-47-51-59(68)65-56(57(67)50-46-42-38-34-12-10-8-6-4-2)55-74-64-63(72)62(71)61(70)58(54-66)75-64/h11-13,15-16,30,33-34,41,45-46,50,56-58,61-64,66-67,70-72H,3-10,14,17-29,31-32,35-40,42-44,47-49,51-55H2,1-2H3,(H,65,68)/b13-11-,16-15-,33-30-,34-12+,45-41-,50-46+. The summed E-state index contributed by atoms with van der Waals surface area (Å²) in [7, 11) is 0. The third-order valence-electron chi connectivity index (χ3n) is 14.0. The molecule has 1 aliphatic rings. The molecule has 0 aromatic heterocycles. The van der Waals surface area contributed by atoms with Gasteiger partial charge in [-0.2, -0.15) is 0 Å². The molecule has 434 valence electrons. The van der Waals surface area contributed by atoms with E-state index < -0.39 is 49.5 Å². The van der Waals surface area contributed by atoms with Gasteiger partial charge in [-0.3, -0.25) is 9.59 Å². The van der Waals surface area contributed by atoms with Gasteiger partial charge < -0.3 is 45.1 Å². The third kappa shape index (κ3) is 42.8. The van der Waals surface area contributed by atoms with Gasteiger partial charge in [0, 0.05) is 12.8 Å². The first-order valence-corrected chi connectivity index (χ1v) is 30.7. The van der Waals surface area contributed by atoms with E-state index >= 15 is 0 Å². The molecule has 1 fully saturated rings. The summed E-state index contributed by atoms with van der Waals surface area (Å²) in [6.07, 6.45) is 60.3. The molecule has 0 radical (unpaired) electrons. The van der Waals surface area contributed by atoms with Crippen LogP contribution in [-0.4, -0.2) is 100 Å². The Balaban J connectivity index is 2.02. The number of allylic oxidation sites excluding steroid dienone is 10. The Hall–Kier alpha value is -2.90. The van der Waals surface area contributed by atoms with Gasteiger partial charge in [-0.05, 0) is 96.3 Å². The number of carbonyl (C=O) groups excluding carboxylic acids is 2. The number of ether oxygens (including phenoxy) is 3. The molecule has 7 unspecified atom stereocenters. The van der Waals surface area contributed by atoms with Crippen LogP contribution in [0.25, 0.3) is 0 Å². The van der Waals surface area contributed by atoms with Gasteiger partial charge >= 0.3 is 5.97 Å². The molecule has 1 heterocycles. The van der Waals surface area contributed by atoms with Crippen molar-refractivity contribution in [3.8, 4) is 0 Å². The molecular weight excluding hydrogens is 943 g/mol. The number of aliphatic hydroxyl groups excluding tert-OH is 5. The lowest BCUT2D eigenvalue weighted by molar-refractivity contribution is -0.302. The van der Waals surface area contributed by atoms with E-state index in [0.29, 0.717) is 19.4 Å². The molecule has 1 amide bonds. The fourth-order valence-corrected chi connectivity index (χ4v) is 9.14. The second-order valence-electron chi connectivity index (χ2n) is 21.0. The fourth-order valence-electron chi connectivity index (χ4n) is 9.14. The molecule has 1 rings (SSSR count). The van der Waals surface area contributed by atoms with Crippen molar-refractivity contribution in [2.45, 2.75) is 301 Å². The van der Waals surface area contributed by atoms with Crippen molar-refractivity contribution in [3.05, 3.63) is 72.9 Å². The number of nitrogens with one attached hydrogen (secondary N) is 1. The number of rotatable bonds is 52. The predicted molar refractivity (Wildman–Crippen MR) is 310 cm³/mol. The Bertz CT molecular complexity index is 1470. The van der Waals surface area contributed by atoms with E-state index in [1.54, 1.807) is 6.08 Å². The van der Waals surface area contributed by atoms with E-state index in [9.17, 15) is 35.1 Å². The zero-order chi connectivity index (χ0) is 54.5. The van der Waals surface area contributed by atoms with Crippen molar-refractivity contribution in [1.82, 2.24) is 5.32 Å². The Morgan fingerprint density at radius 1 is 0.493 bits per heavy atom. The van der Waals surface area contributed by atoms with Crippen molar-refractivity contribution < 1.29 is 49.3 Å². The molecule has 6 N–H and O–H groups in total. The van der Waals surface area contributed by atoms with Crippen LogP contribution in [0.15, 0.2) is 72.9 Å². The smallest absolute Gasteiger partial charge is 0.305 e. The first-order chi connectivity index (χ1) is 36.7. The summed E-state index contributed by atoms with van der Waals surface area (Å²) in [5, 5.41) is 54.2. The summed E-state index contributed by atoms with van der Waals surface area (Å²) in [6.45, 7) is 4.12. The van der Waals surface area contributed by atoms with E-state index in [1.807, 2.05) is 6.08 Å². The zero-order valence-corrected chi connectivity index (χ0v) is 47.7. The molecule has 11 heteroatoms. The molecule has 0 aromatic rings. The molecule has 0 saturated carbocycles. The van der Waals surface area contributed by atoms with Crippen LogP contribution in [0.4, 0.5) is 0 Å². The van der Waals surface area contributed by atoms with E-state index in [2.05, 4.69) is 79.9 Å². The molecule has 0 aliphatic carbocycles. The van der Waals surface area contributed by atoms with Gasteiger partial charge in [0.05, 0.1) is 32.0 Å². The minimum atomic E-state index is -1.58. The topological polar surface area (TPSA) is 175 Å². The lowest BCUT2D eigenvalue weighted by Crippen LogP contribution is -2.60. The first-order valence-electron chi connectivity index (χ1n) is 30.7. The van der Waals surface area contributed by atoms with Gasteiger partial charge in [0.15, 0.2) is 6.29 Å². The van der Waals surface area contributed by atoms with Gasteiger partial charge in [-0.15, -0.1) is 0 Å². The molecule has 1 aliphatic heterocycles. The quantitative estimate of drug-likeness (QED) is 0.0195. The minimum absolute atomic E-state index is 0.0577. The minimum Gasteiger partial charge on any atom is -0.465 e.